The van der Waals surface area contributed by atoms with Gasteiger partial charge in [-0.3, -0.25) is 9.18 Å². The van der Waals surface area contributed by atoms with Crippen LogP contribution in [-0.2, 0) is 14.3 Å². The van der Waals surface area contributed by atoms with Gasteiger partial charge in [-0.05, 0) is 20.8 Å². The van der Waals surface area contributed by atoms with E-state index >= 15 is 0 Å². The van der Waals surface area contributed by atoms with Crippen LogP contribution >= 0.6 is 0 Å². The maximum Gasteiger partial charge on any atom is 0.375 e. The van der Waals surface area contributed by atoms with Gasteiger partial charge in [0.05, 0.1) is 6.67 Å². The first kappa shape index (κ1) is 11.1. The van der Waals surface area contributed by atoms with Crippen LogP contribution in [0.5, 0.6) is 0 Å². The van der Waals surface area contributed by atoms with Gasteiger partial charge < -0.3 is 4.74 Å². The molecule has 3 nitrogen and oxygen atoms in total. The number of alkyl halides is 1. The summed E-state index contributed by atoms with van der Waals surface area (Å²) in [5.41, 5.74) is -0.691. The summed E-state index contributed by atoms with van der Waals surface area (Å²) in [5.74, 6) is -1.77. The molecule has 0 saturated carbocycles. The molecule has 0 fully saturated rings. The highest BCUT2D eigenvalue weighted by atomic mass is 19.1. The SMILES string of the molecule is CC(C)(C)OC(=O)C(=O)CCF. The largest absolute Gasteiger partial charge is 0.454 e. The van der Waals surface area contributed by atoms with Crippen LogP contribution in [0.1, 0.15) is 27.2 Å². The van der Waals surface area contributed by atoms with Crippen LogP contribution in [0, 0.1) is 0 Å². The van der Waals surface area contributed by atoms with E-state index in [4.69, 9.17) is 4.74 Å². The summed E-state index contributed by atoms with van der Waals surface area (Å²) in [7, 11) is 0. The molecule has 4 heteroatoms. The molecule has 0 amide bonds. The molecule has 0 aromatic heterocycles. The van der Waals surface area contributed by atoms with Crippen molar-refractivity contribution in [2.45, 2.75) is 32.8 Å². The highest BCUT2D eigenvalue weighted by Gasteiger charge is 2.21. The number of esters is 1. The number of carbonyl (C=O) groups is 2. The van der Waals surface area contributed by atoms with E-state index in [-0.39, 0.29) is 0 Å². The quantitative estimate of drug-likeness (QED) is 0.480. The van der Waals surface area contributed by atoms with Gasteiger partial charge in [0, 0.05) is 6.42 Å². The Kier molecular flexibility index (Phi) is 3.86. The molecule has 0 bridgehead atoms. The summed E-state index contributed by atoms with van der Waals surface area (Å²) in [4.78, 5) is 21.5. The van der Waals surface area contributed by atoms with Gasteiger partial charge in [0.1, 0.15) is 5.60 Å². The summed E-state index contributed by atoms with van der Waals surface area (Å²) >= 11 is 0. The van der Waals surface area contributed by atoms with Gasteiger partial charge in [0.25, 0.3) is 0 Å². The van der Waals surface area contributed by atoms with Crippen LogP contribution in [0.15, 0.2) is 0 Å². The summed E-state index contributed by atoms with van der Waals surface area (Å²) in [6.45, 7) is 4.12. The van der Waals surface area contributed by atoms with Gasteiger partial charge >= 0.3 is 5.97 Å². The second kappa shape index (κ2) is 4.18. The number of ether oxygens (including phenoxy) is 1. The number of halogens is 1. The molecule has 0 aliphatic carbocycles. The Hall–Kier alpha value is -0.930. The number of hydrogen-bond donors (Lipinski definition) is 0. The van der Waals surface area contributed by atoms with E-state index < -0.39 is 30.4 Å². The zero-order chi connectivity index (χ0) is 9.78. The lowest BCUT2D eigenvalue weighted by atomic mass is 10.2. The van der Waals surface area contributed by atoms with Crippen LogP contribution in [0.4, 0.5) is 4.39 Å². The lowest BCUT2D eigenvalue weighted by Gasteiger charge is -2.18. The second-order valence-electron chi connectivity index (χ2n) is 3.36. The molecule has 0 radical (unpaired) electrons. The van der Waals surface area contributed by atoms with Crippen LogP contribution in [0.3, 0.4) is 0 Å². The third-order valence-electron chi connectivity index (χ3n) is 0.948. The van der Waals surface area contributed by atoms with Crippen molar-refractivity contribution in [3.63, 3.8) is 0 Å². The maximum absolute atomic E-state index is 11.6. The fourth-order valence-electron chi connectivity index (χ4n) is 0.523. The van der Waals surface area contributed by atoms with Crippen LogP contribution in [-0.4, -0.2) is 24.0 Å². The standard InChI is InChI=1S/C8H13FO3/c1-8(2,3)12-7(11)6(10)4-5-9/h4-5H2,1-3H3. The molecule has 0 aromatic rings. The van der Waals surface area contributed by atoms with Crippen LogP contribution < -0.4 is 0 Å². The highest BCUT2D eigenvalue weighted by molar-refractivity contribution is 6.33. The molecule has 0 unspecified atom stereocenters. The lowest BCUT2D eigenvalue weighted by molar-refractivity contribution is -0.162. The number of rotatable bonds is 3. The van der Waals surface area contributed by atoms with E-state index in [1.165, 1.54) is 0 Å². The molecular weight excluding hydrogens is 163 g/mol. The van der Waals surface area contributed by atoms with Gasteiger partial charge in [0.2, 0.25) is 5.78 Å². The average molecular weight is 176 g/mol. The van der Waals surface area contributed by atoms with E-state index in [2.05, 4.69) is 0 Å². The van der Waals surface area contributed by atoms with E-state index in [9.17, 15) is 14.0 Å². The van der Waals surface area contributed by atoms with Crippen molar-refractivity contribution in [3.05, 3.63) is 0 Å². The molecular formula is C8H13FO3. The summed E-state index contributed by atoms with van der Waals surface area (Å²) in [6, 6.07) is 0. The van der Waals surface area contributed by atoms with Gasteiger partial charge in [-0.1, -0.05) is 0 Å². The minimum Gasteiger partial charge on any atom is -0.454 e. The zero-order valence-electron chi connectivity index (χ0n) is 7.52. The second-order valence-corrected chi connectivity index (χ2v) is 3.36. The van der Waals surface area contributed by atoms with Crippen LogP contribution in [0.2, 0.25) is 0 Å². The van der Waals surface area contributed by atoms with Gasteiger partial charge in [-0.2, -0.15) is 0 Å². The molecule has 0 spiro atoms. The molecule has 0 saturated heterocycles. The maximum atomic E-state index is 11.6. The van der Waals surface area contributed by atoms with Crippen molar-refractivity contribution < 1.29 is 18.7 Å². The summed E-state index contributed by atoms with van der Waals surface area (Å²) in [5, 5.41) is 0. The van der Waals surface area contributed by atoms with Crippen LogP contribution in [0.25, 0.3) is 0 Å². The fraction of sp³-hybridized carbons (Fsp3) is 0.750. The van der Waals surface area contributed by atoms with E-state index in [0.717, 1.165) is 0 Å². The first-order chi connectivity index (χ1) is 5.37. The van der Waals surface area contributed by atoms with Gasteiger partial charge in [-0.15, -0.1) is 0 Å². The van der Waals surface area contributed by atoms with Gasteiger partial charge in [-0.25, -0.2) is 4.79 Å². The third kappa shape index (κ3) is 4.82. The Morgan fingerprint density at radius 2 is 1.83 bits per heavy atom. The van der Waals surface area contributed by atoms with E-state index in [0.29, 0.717) is 0 Å². The number of carbonyl (C=O) groups excluding carboxylic acids is 2. The van der Waals surface area contributed by atoms with Gasteiger partial charge in [0.15, 0.2) is 0 Å². The van der Waals surface area contributed by atoms with E-state index in [1.807, 2.05) is 0 Å². The highest BCUT2D eigenvalue weighted by Crippen LogP contribution is 2.07. The van der Waals surface area contributed by atoms with Crippen molar-refractivity contribution >= 4 is 11.8 Å². The molecule has 70 valence electrons. The Balaban J connectivity index is 3.97. The fourth-order valence-corrected chi connectivity index (χ4v) is 0.523. The molecule has 0 rings (SSSR count). The zero-order valence-corrected chi connectivity index (χ0v) is 7.52. The summed E-state index contributed by atoms with van der Waals surface area (Å²) in [6.07, 6.45) is -0.394. The van der Waals surface area contributed by atoms with Crippen molar-refractivity contribution in [1.82, 2.24) is 0 Å². The molecule has 0 atom stereocenters. The Bertz CT molecular complexity index is 181. The first-order valence-electron chi connectivity index (χ1n) is 3.69. The Morgan fingerprint density at radius 3 is 2.17 bits per heavy atom. The molecule has 0 N–H and O–H groups in total. The third-order valence-corrected chi connectivity index (χ3v) is 0.948. The molecule has 0 heterocycles. The van der Waals surface area contributed by atoms with Crippen molar-refractivity contribution in [2.75, 3.05) is 6.67 Å². The minimum absolute atomic E-state index is 0.394. The monoisotopic (exact) mass is 176 g/mol. The predicted octanol–water partition coefficient (Wildman–Crippen LogP) is 1.26. The van der Waals surface area contributed by atoms with Crippen molar-refractivity contribution in [1.29, 1.82) is 0 Å². The number of ketones is 1. The minimum atomic E-state index is -0.958. The molecule has 0 aliphatic heterocycles. The predicted molar refractivity (Wildman–Crippen MR) is 41.4 cm³/mol. The average Bonchev–Trinajstić information content (AvgIpc) is 1.84. The van der Waals surface area contributed by atoms with Crippen molar-refractivity contribution in [2.24, 2.45) is 0 Å². The summed E-state index contributed by atoms with van der Waals surface area (Å²) < 4.78 is 16.3. The normalized spacial score (nSPS) is 11.0. The Labute approximate surface area is 70.9 Å². The Morgan fingerprint density at radius 1 is 1.33 bits per heavy atom. The van der Waals surface area contributed by atoms with E-state index in [1.54, 1.807) is 20.8 Å². The molecule has 12 heavy (non-hydrogen) atoms. The topological polar surface area (TPSA) is 43.4 Å². The molecule has 0 aliphatic rings. The smallest absolute Gasteiger partial charge is 0.375 e. The lowest BCUT2D eigenvalue weighted by Crippen LogP contribution is -2.29. The number of Topliss-reactive ketones (excluding diaryl/α,β-unsaturated/α-hetero) is 1. The first-order valence-corrected chi connectivity index (χ1v) is 3.69. The number of hydrogen-bond acceptors (Lipinski definition) is 3. The van der Waals surface area contributed by atoms with Crippen molar-refractivity contribution in [3.8, 4) is 0 Å². The molecule has 0 aromatic carbocycles.